The summed E-state index contributed by atoms with van der Waals surface area (Å²) in [6.45, 7) is 2.54. The first kappa shape index (κ1) is 17.9. The molecule has 2 aliphatic heterocycles. The normalized spacial score (nSPS) is 19.4. The number of aromatic nitrogens is 2. The average Bonchev–Trinajstić information content (AvgIpc) is 2.73. The summed E-state index contributed by atoms with van der Waals surface area (Å²) in [5, 5.41) is 3.35. The summed E-state index contributed by atoms with van der Waals surface area (Å²) in [5.74, 6) is 1.67. The number of amides is 1. The summed E-state index contributed by atoms with van der Waals surface area (Å²) < 4.78 is 5.41. The van der Waals surface area contributed by atoms with Crippen LogP contribution in [0.4, 0.5) is 0 Å². The third kappa shape index (κ3) is 3.81. The lowest BCUT2D eigenvalue weighted by Gasteiger charge is -2.35. The number of nitrogens with zero attached hydrogens (tertiary/aromatic N) is 3. The van der Waals surface area contributed by atoms with Crippen molar-refractivity contribution in [2.75, 3.05) is 20.2 Å². The highest BCUT2D eigenvalue weighted by Crippen LogP contribution is 2.31. The van der Waals surface area contributed by atoms with Crippen molar-refractivity contribution in [1.82, 2.24) is 20.2 Å². The molecule has 1 fully saturated rings. The Morgan fingerprint density at radius 1 is 1.33 bits per heavy atom. The minimum atomic E-state index is -0.0267. The number of benzene rings is 1. The number of carbonyl (C=O) groups excluding carboxylic acids is 1. The van der Waals surface area contributed by atoms with E-state index in [-0.39, 0.29) is 11.9 Å². The molecule has 0 radical (unpaired) electrons. The number of hydrogen-bond acceptors (Lipinski definition) is 5. The molecule has 1 amide bonds. The van der Waals surface area contributed by atoms with Gasteiger partial charge in [-0.15, -0.1) is 0 Å². The Labute approximate surface area is 160 Å². The van der Waals surface area contributed by atoms with Gasteiger partial charge in [0.1, 0.15) is 5.75 Å². The van der Waals surface area contributed by atoms with Crippen molar-refractivity contribution in [2.24, 2.45) is 0 Å². The first-order valence-electron chi connectivity index (χ1n) is 9.73. The van der Waals surface area contributed by atoms with Crippen molar-refractivity contribution >= 4 is 5.91 Å². The van der Waals surface area contributed by atoms with Crippen LogP contribution in [0.1, 0.15) is 47.9 Å². The summed E-state index contributed by atoms with van der Waals surface area (Å²) in [7, 11) is 1.64. The van der Waals surface area contributed by atoms with Crippen LogP contribution in [0.5, 0.6) is 5.75 Å². The number of methoxy groups -OCH3 is 1. The fraction of sp³-hybridized carbons (Fsp3) is 0.476. The van der Waals surface area contributed by atoms with E-state index < -0.39 is 0 Å². The second-order valence-electron chi connectivity index (χ2n) is 7.21. The van der Waals surface area contributed by atoms with E-state index >= 15 is 0 Å². The number of piperidine rings is 1. The van der Waals surface area contributed by atoms with Crippen LogP contribution in [0, 0.1) is 0 Å². The van der Waals surface area contributed by atoms with Crippen LogP contribution in [0.2, 0.25) is 0 Å². The lowest BCUT2D eigenvalue weighted by molar-refractivity contribution is -0.134. The van der Waals surface area contributed by atoms with Crippen molar-refractivity contribution in [2.45, 2.75) is 44.7 Å². The standard InChI is InChI=1S/C21H26N4O2/c1-27-19-8-3-2-6-15(19)12-20(26)25-11-5-4-7-18(25)21-23-14-16-13-22-10-9-17(16)24-21/h2-3,6,8,14,18,22H,4-5,7,9-13H2,1H3/t18-/m0/s1. The van der Waals surface area contributed by atoms with Crippen LogP contribution in [0.25, 0.3) is 0 Å². The van der Waals surface area contributed by atoms with Crippen LogP contribution in [-0.4, -0.2) is 41.0 Å². The quantitative estimate of drug-likeness (QED) is 0.900. The van der Waals surface area contributed by atoms with Gasteiger partial charge in [-0.05, 0) is 25.3 Å². The van der Waals surface area contributed by atoms with Crippen molar-refractivity contribution in [3.63, 3.8) is 0 Å². The highest BCUT2D eigenvalue weighted by atomic mass is 16.5. The summed E-state index contributed by atoms with van der Waals surface area (Å²) in [6, 6.07) is 7.70. The van der Waals surface area contributed by atoms with Gasteiger partial charge in [-0.2, -0.15) is 0 Å². The maximum absolute atomic E-state index is 13.1. The molecule has 27 heavy (non-hydrogen) atoms. The van der Waals surface area contributed by atoms with Gasteiger partial charge in [-0.1, -0.05) is 18.2 Å². The molecule has 0 aliphatic carbocycles. The zero-order valence-corrected chi connectivity index (χ0v) is 15.8. The summed E-state index contributed by atoms with van der Waals surface area (Å²) in [6.07, 6.45) is 6.26. The number of fused-ring (bicyclic) bond motifs is 1. The second kappa shape index (κ2) is 8.05. The molecule has 0 saturated carbocycles. The molecule has 1 atom stereocenters. The number of ether oxygens (including phenoxy) is 1. The van der Waals surface area contributed by atoms with Gasteiger partial charge < -0.3 is 15.0 Å². The number of rotatable bonds is 4. The Morgan fingerprint density at radius 2 is 2.22 bits per heavy atom. The molecule has 1 N–H and O–H groups in total. The summed E-state index contributed by atoms with van der Waals surface area (Å²) in [4.78, 5) is 24.5. The lowest BCUT2D eigenvalue weighted by atomic mass is 9.99. The first-order valence-corrected chi connectivity index (χ1v) is 9.73. The van der Waals surface area contributed by atoms with Gasteiger partial charge >= 0.3 is 0 Å². The summed E-state index contributed by atoms with van der Waals surface area (Å²) >= 11 is 0. The number of hydrogen-bond donors (Lipinski definition) is 1. The molecule has 1 aromatic heterocycles. The van der Waals surface area contributed by atoms with Gasteiger partial charge in [0.25, 0.3) is 0 Å². The molecular weight excluding hydrogens is 340 g/mol. The molecule has 6 heteroatoms. The van der Waals surface area contributed by atoms with Crippen molar-refractivity contribution in [3.8, 4) is 5.75 Å². The van der Waals surface area contributed by atoms with E-state index in [0.29, 0.717) is 6.42 Å². The van der Waals surface area contributed by atoms with Gasteiger partial charge in [-0.3, -0.25) is 4.79 Å². The molecule has 0 unspecified atom stereocenters. The van der Waals surface area contributed by atoms with E-state index in [0.717, 1.165) is 68.1 Å². The number of carbonyl (C=O) groups is 1. The molecule has 142 valence electrons. The molecule has 0 spiro atoms. The van der Waals surface area contributed by atoms with Gasteiger partial charge in [0, 0.05) is 49.1 Å². The maximum Gasteiger partial charge on any atom is 0.227 e. The molecular formula is C21H26N4O2. The molecule has 2 aliphatic rings. The number of para-hydroxylation sites is 1. The Bertz CT molecular complexity index is 824. The fourth-order valence-corrected chi connectivity index (χ4v) is 4.02. The minimum absolute atomic E-state index is 0.0267. The van der Waals surface area contributed by atoms with Gasteiger partial charge in [0.15, 0.2) is 5.82 Å². The highest BCUT2D eigenvalue weighted by Gasteiger charge is 2.31. The van der Waals surface area contributed by atoms with Crippen molar-refractivity contribution in [3.05, 3.63) is 53.1 Å². The van der Waals surface area contributed by atoms with E-state index in [1.165, 1.54) is 5.56 Å². The SMILES string of the molecule is COc1ccccc1CC(=O)N1CCCC[C@H]1c1ncc2c(n1)CCNC2. The van der Waals surface area contributed by atoms with Crippen molar-refractivity contribution < 1.29 is 9.53 Å². The van der Waals surface area contributed by atoms with E-state index in [1.54, 1.807) is 7.11 Å². The molecule has 2 aromatic rings. The van der Waals surface area contributed by atoms with Gasteiger partial charge in [-0.25, -0.2) is 9.97 Å². The largest absolute Gasteiger partial charge is 0.496 e. The van der Waals surface area contributed by atoms with Gasteiger partial charge in [0.2, 0.25) is 5.91 Å². The lowest BCUT2D eigenvalue weighted by Crippen LogP contribution is -2.40. The topological polar surface area (TPSA) is 67.3 Å². The predicted molar refractivity (Wildman–Crippen MR) is 102 cm³/mol. The fourth-order valence-electron chi connectivity index (χ4n) is 4.02. The Kier molecular flexibility index (Phi) is 5.34. The van der Waals surface area contributed by atoms with Crippen LogP contribution in [0.15, 0.2) is 30.5 Å². The van der Waals surface area contributed by atoms with Crippen LogP contribution < -0.4 is 10.1 Å². The van der Waals surface area contributed by atoms with Crippen LogP contribution in [-0.2, 0) is 24.2 Å². The third-order valence-electron chi connectivity index (χ3n) is 5.48. The Morgan fingerprint density at radius 3 is 3.11 bits per heavy atom. The molecule has 0 bridgehead atoms. The van der Waals surface area contributed by atoms with E-state index in [4.69, 9.17) is 9.72 Å². The Balaban J connectivity index is 1.56. The zero-order chi connectivity index (χ0) is 18.6. The zero-order valence-electron chi connectivity index (χ0n) is 15.8. The number of nitrogens with one attached hydrogen (secondary N) is 1. The van der Waals surface area contributed by atoms with E-state index in [2.05, 4.69) is 10.3 Å². The first-order chi connectivity index (χ1) is 13.3. The monoisotopic (exact) mass is 366 g/mol. The van der Waals surface area contributed by atoms with Crippen LogP contribution >= 0.6 is 0 Å². The van der Waals surface area contributed by atoms with Gasteiger partial charge in [0.05, 0.1) is 19.6 Å². The smallest absolute Gasteiger partial charge is 0.227 e. The van der Waals surface area contributed by atoms with Crippen molar-refractivity contribution in [1.29, 1.82) is 0 Å². The molecule has 1 aromatic carbocycles. The minimum Gasteiger partial charge on any atom is -0.496 e. The highest BCUT2D eigenvalue weighted by molar-refractivity contribution is 5.80. The van der Waals surface area contributed by atoms with E-state index in [9.17, 15) is 4.79 Å². The predicted octanol–water partition coefficient (Wildman–Crippen LogP) is 2.43. The molecule has 1 saturated heterocycles. The van der Waals surface area contributed by atoms with Crippen LogP contribution in [0.3, 0.4) is 0 Å². The summed E-state index contributed by atoms with van der Waals surface area (Å²) in [5.41, 5.74) is 3.22. The Hall–Kier alpha value is -2.47. The molecule has 3 heterocycles. The van der Waals surface area contributed by atoms with E-state index in [1.807, 2.05) is 35.4 Å². The molecule has 6 nitrogen and oxygen atoms in total. The molecule has 4 rings (SSSR count). The number of likely N-dealkylation sites (tertiary alicyclic amines) is 1. The average molecular weight is 366 g/mol. The maximum atomic E-state index is 13.1. The second-order valence-corrected chi connectivity index (χ2v) is 7.21. The third-order valence-corrected chi connectivity index (χ3v) is 5.48.